The molecule has 4 heteroatoms. The van der Waals surface area contributed by atoms with Crippen molar-refractivity contribution in [3.63, 3.8) is 0 Å². The molecule has 1 aliphatic heterocycles. The first-order valence-electron chi connectivity index (χ1n) is 10.3. The van der Waals surface area contributed by atoms with Crippen molar-refractivity contribution in [1.82, 2.24) is 0 Å². The van der Waals surface area contributed by atoms with Gasteiger partial charge in [0, 0.05) is 40.7 Å². The molecule has 4 rings (SSSR count). The van der Waals surface area contributed by atoms with Crippen molar-refractivity contribution in [3.8, 4) is 0 Å². The zero-order valence-corrected chi connectivity index (χ0v) is 19.2. The lowest BCUT2D eigenvalue weighted by molar-refractivity contribution is 0.587. The number of likely N-dealkylation sites (N-methyl/N-ethyl adjacent to an activating group) is 1. The molecule has 3 nitrogen and oxygen atoms in total. The van der Waals surface area contributed by atoms with Crippen LogP contribution in [-0.2, 0) is 9.98 Å². The first-order chi connectivity index (χ1) is 14.2. The minimum Gasteiger partial charge on any atom is -0.347 e. The molecule has 1 N–H and O–H groups in total. The van der Waals surface area contributed by atoms with Crippen molar-refractivity contribution in [2.75, 3.05) is 17.0 Å². The molecule has 0 amide bonds. The van der Waals surface area contributed by atoms with Crippen LogP contribution >= 0.6 is 7.29 Å². The number of benzene rings is 3. The monoisotopic (exact) mass is 416 g/mol. The highest BCUT2D eigenvalue weighted by Gasteiger charge is 2.40. The Kier molecular flexibility index (Phi) is 5.11. The molecule has 3 aromatic carbocycles. The van der Waals surface area contributed by atoms with Crippen molar-refractivity contribution >= 4 is 24.0 Å². The minimum atomic E-state index is -3.08. The Morgan fingerprint density at radius 2 is 1.57 bits per heavy atom. The first-order valence-corrected chi connectivity index (χ1v) is 12.1. The first kappa shape index (κ1) is 20.5. The smallest absolute Gasteiger partial charge is 0.221 e. The number of hydrogen-bond donors (Lipinski definition) is 1. The number of aryl methyl sites for hydroxylation is 2. The number of allylic oxidation sites excluding steroid dienone is 1. The van der Waals surface area contributed by atoms with Gasteiger partial charge < -0.3 is 9.99 Å². The summed E-state index contributed by atoms with van der Waals surface area (Å²) in [6.45, 7) is 8.57. The van der Waals surface area contributed by atoms with Crippen LogP contribution in [0, 0.1) is 13.8 Å². The summed E-state index contributed by atoms with van der Waals surface area (Å²) in [5, 5.41) is 4.21. The molecule has 1 atom stereocenters. The summed E-state index contributed by atoms with van der Waals surface area (Å²) in [6.07, 6.45) is 0. The predicted octanol–water partition coefficient (Wildman–Crippen LogP) is 6.59. The fourth-order valence-corrected chi connectivity index (χ4v) is 6.55. The molecule has 30 heavy (non-hydrogen) atoms. The Hall–Kier alpha value is -2.77. The second-order valence-electron chi connectivity index (χ2n) is 8.62. The van der Waals surface area contributed by atoms with Gasteiger partial charge in [-0.1, -0.05) is 56.3 Å². The minimum absolute atomic E-state index is 0.235. The van der Waals surface area contributed by atoms with E-state index in [1.54, 1.807) is 0 Å². The van der Waals surface area contributed by atoms with E-state index >= 15 is 0 Å². The quantitative estimate of drug-likeness (QED) is 0.487. The summed E-state index contributed by atoms with van der Waals surface area (Å²) in [7, 11) is -1.02. The van der Waals surface area contributed by atoms with Crippen LogP contribution < -0.4 is 15.3 Å². The summed E-state index contributed by atoms with van der Waals surface area (Å²) >= 11 is 0. The molecule has 3 aromatic rings. The molecule has 0 fully saturated rings. The van der Waals surface area contributed by atoms with Gasteiger partial charge in [0.25, 0.3) is 0 Å². The number of nitrogens with one attached hydrogen (secondary N) is 1. The molecule has 1 heterocycles. The van der Waals surface area contributed by atoms with E-state index in [1.807, 2.05) is 42.2 Å². The summed E-state index contributed by atoms with van der Waals surface area (Å²) in [5.41, 5.74) is 6.51. The zero-order valence-electron chi connectivity index (χ0n) is 18.3. The largest absolute Gasteiger partial charge is 0.347 e. The van der Waals surface area contributed by atoms with Crippen molar-refractivity contribution in [3.05, 3.63) is 101 Å². The molecular weight excluding hydrogens is 387 g/mol. The second kappa shape index (κ2) is 7.49. The van der Waals surface area contributed by atoms with Crippen LogP contribution in [0.5, 0.6) is 0 Å². The van der Waals surface area contributed by atoms with Gasteiger partial charge >= 0.3 is 0 Å². The van der Waals surface area contributed by atoms with E-state index in [2.05, 4.69) is 81.1 Å². The third-order valence-electron chi connectivity index (χ3n) is 6.19. The lowest BCUT2D eigenvalue weighted by Gasteiger charge is -2.27. The summed E-state index contributed by atoms with van der Waals surface area (Å²) < 4.78 is 14.5. The third-order valence-corrected chi connectivity index (χ3v) is 8.45. The predicted molar refractivity (Wildman–Crippen MR) is 129 cm³/mol. The number of para-hydroxylation sites is 1. The van der Waals surface area contributed by atoms with Gasteiger partial charge in [0.1, 0.15) is 0 Å². The van der Waals surface area contributed by atoms with Crippen LogP contribution in [0.4, 0.5) is 11.4 Å². The maximum absolute atomic E-state index is 14.5. The lowest BCUT2D eigenvalue weighted by Crippen LogP contribution is -2.24. The van der Waals surface area contributed by atoms with Gasteiger partial charge in [0.2, 0.25) is 7.29 Å². The van der Waals surface area contributed by atoms with E-state index in [1.165, 1.54) is 22.4 Å². The zero-order chi connectivity index (χ0) is 21.5. The standard InChI is InChI=1S/C26H29N2OP/c1-19-15-16-21(17-20(19)2)27-30(29,22-11-7-6-8-12-22)18-25-26(3,4)23-13-9-10-14-24(23)28(25)5/h6-18H,1-5H3,(H,27,29). The number of hydrogen-bond acceptors (Lipinski definition) is 2. The summed E-state index contributed by atoms with van der Waals surface area (Å²) in [6, 6.07) is 24.3. The molecule has 0 aliphatic carbocycles. The highest BCUT2D eigenvalue weighted by molar-refractivity contribution is 7.75. The average molecular weight is 417 g/mol. The number of fused-ring (bicyclic) bond motifs is 1. The SMILES string of the molecule is Cc1ccc(NP(=O)(C=C2N(C)c3ccccc3C2(C)C)c2ccccc2)cc1C. The van der Waals surface area contributed by atoms with Gasteiger partial charge in [-0.05, 0) is 60.9 Å². The van der Waals surface area contributed by atoms with Crippen LogP contribution in [0.2, 0.25) is 0 Å². The van der Waals surface area contributed by atoms with Crippen molar-refractivity contribution in [2.24, 2.45) is 0 Å². The van der Waals surface area contributed by atoms with E-state index in [0.29, 0.717) is 0 Å². The van der Waals surface area contributed by atoms with Crippen LogP contribution in [-0.4, -0.2) is 7.05 Å². The topological polar surface area (TPSA) is 32.3 Å². The van der Waals surface area contributed by atoms with Crippen molar-refractivity contribution in [2.45, 2.75) is 33.1 Å². The average Bonchev–Trinajstić information content (AvgIpc) is 2.92. The number of anilines is 2. The third kappa shape index (κ3) is 3.48. The molecule has 0 bridgehead atoms. The van der Waals surface area contributed by atoms with Gasteiger partial charge in [0.05, 0.1) is 0 Å². The molecule has 1 aliphatic rings. The number of rotatable bonds is 4. The van der Waals surface area contributed by atoms with E-state index in [4.69, 9.17) is 0 Å². The Balaban J connectivity index is 1.85. The van der Waals surface area contributed by atoms with Crippen LogP contribution in [0.25, 0.3) is 0 Å². The number of nitrogens with zero attached hydrogens (tertiary/aromatic N) is 1. The van der Waals surface area contributed by atoms with E-state index in [9.17, 15) is 4.57 Å². The Labute approximate surface area is 179 Å². The van der Waals surface area contributed by atoms with Crippen molar-refractivity contribution < 1.29 is 4.57 Å². The molecule has 0 saturated heterocycles. The van der Waals surface area contributed by atoms with Gasteiger partial charge in [-0.25, -0.2) is 0 Å². The normalized spacial score (nSPS) is 18.2. The van der Waals surface area contributed by atoms with E-state index < -0.39 is 7.29 Å². The van der Waals surface area contributed by atoms with Gasteiger partial charge in [0.15, 0.2) is 0 Å². The maximum Gasteiger partial charge on any atom is 0.221 e. The fourth-order valence-electron chi connectivity index (χ4n) is 4.23. The highest BCUT2D eigenvalue weighted by Crippen LogP contribution is 2.54. The van der Waals surface area contributed by atoms with E-state index in [0.717, 1.165) is 16.7 Å². The van der Waals surface area contributed by atoms with Crippen LogP contribution in [0.15, 0.2) is 84.3 Å². The molecule has 0 aromatic heterocycles. The summed E-state index contributed by atoms with van der Waals surface area (Å²) in [5.74, 6) is 1.97. The van der Waals surface area contributed by atoms with Crippen LogP contribution in [0.1, 0.15) is 30.5 Å². The fraction of sp³-hybridized carbons (Fsp3) is 0.231. The Morgan fingerprint density at radius 3 is 2.23 bits per heavy atom. The van der Waals surface area contributed by atoms with Crippen molar-refractivity contribution in [1.29, 1.82) is 0 Å². The molecule has 0 spiro atoms. The maximum atomic E-state index is 14.5. The summed E-state index contributed by atoms with van der Waals surface area (Å²) in [4.78, 5) is 2.17. The highest BCUT2D eigenvalue weighted by atomic mass is 31.2. The molecule has 1 unspecified atom stereocenters. The molecular formula is C26H29N2OP. The second-order valence-corrected chi connectivity index (χ2v) is 10.9. The lowest BCUT2D eigenvalue weighted by atomic mass is 9.84. The molecule has 0 saturated carbocycles. The van der Waals surface area contributed by atoms with Gasteiger partial charge in [-0.2, -0.15) is 0 Å². The molecule has 0 radical (unpaired) electrons. The Bertz CT molecular complexity index is 1160. The van der Waals surface area contributed by atoms with E-state index in [-0.39, 0.29) is 5.41 Å². The van der Waals surface area contributed by atoms with Gasteiger partial charge in [-0.15, -0.1) is 0 Å². The molecule has 154 valence electrons. The van der Waals surface area contributed by atoms with Gasteiger partial charge in [-0.3, -0.25) is 4.57 Å². The Morgan fingerprint density at radius 1 is 0.900 bits per heavy atom. The van der Waals surface area contributed by atoms with Crippen LogP contribution in [0.3, 0.4) is 0 Å².